The molecule has 0 saturated carbocycles. The summed E-state index contributed by atoms with van der Waals surface area (Å²) in [6, 6.07) is 9.93. The fourth-order valence-electron chi connectivity index (χ4n) is 3.09. The Labute approximate surface area is 161 Å². The summed E-state index contributed by atoms with van der Waals surface area (Å²) in [5.41, 5.74) is 2.28. The van der Waals surface area contributed by atoms with E-state index in [9.17, 15) is 13.6 Å². The number of anilines is 1. The summed E-state index contributed by atoms with van der Waals surface area (Å²) in [4.78, 5) is 14.1. The molecule has 4 nitrogen and oxygen atoms in total. The summed E-state index contributed by atoms with van der Waals surface area (Å²) < 4.78 is 32.7. The third-order valence-electron chi connectivity index (χ3n) is 4.49. The number of carbonyl (C=O) groups excluding carboxylic acids is 1. The van der Waals surface area contributed by atoms with Gasteiger partial charge in [-0.3, -0.25) is 4.90 Å². The van der Waals surface area contributed by atoms with E-state index < -0.39 is 17.8 Å². The quantitative estimate of drug-likeness (QED) is 0.632. The maximum atomic E-state index is 14.1. The lowest BCUT2D eigenvalue weighted by Gasteiger charge is -2.37. The Morgan fingerprint density at radius 2 is 1.93 bits per heavy atom. The van der Waals surface area contributed by atoms with Crippen LogP contribution in [-0.4, -0.2) is 18.2 Å². The molecule has 1 N–H and O–H groups in total. The zero-order chi connectivity index (χ0) is 19.7. The smallest absolute Gasteiger partial charge is 0.337 e. The maximum Gasteiger partial charge on any atom is 0.337 e. The monoisotopic (exact) mass is 388 g/mol. The minimum atomic E-state index is -0.674. The predicted octanol–water partition coefficient (Wildman–Crippen LogP) is 4.16. The molecule has 1 aliphatic rings. The number of rotatable bonds is 3. The Bertz CT molecular complexity index is 959. The predicted molar refractivity (Wildman–Crippen MR) is 103 cm³/mol. The summed E-state index contributed by atoms with van der Waals surface area (Å²) >= 11 is 5.46. The van der Waals surface area contributed by atoms with Crippen molar-refractivity contribution in [2.24, 2.45) is 0 Å². The van der Waals surface area contributed by atoms with Crippen LogP contribution < -0.4 is 10.2 Å². The summed E-state index contributed by atoms with van der Waals surface area (Å²) in [6.45, 7) is 3.36. The topological polar surface area (TPSA) is 41.6 Å². The van der Waals surface area contributed by atoms with Crippen LogP contribution in [0.2, 0.25) is 0 Å². The molecule has 1 heterocycles. The molecule has 140 valence electrons. The number of carbonyl (C=O) groups is 1. The average Bonchev–Trinajstić information content (AvgIpc) is 2.63. The van der Waals surface area contributed by atoms with Gasteiger partial charge in [-0.25, -0.2) is 13.6 Å². The summed E-state index contributed by atoms with van der Waals surface area (Å²) in [6.07, 6.45) is 0. The molecule has 7 heteroatoms. The highest BCUT2D eigenvalue weighted by atomic mass is 32.1. The van der Waals surface area contributed by atoms with E-state index >= 15 is 0 Å². The first-order chi connectivity index (χ1) is 12.8. The zero-order valence-electron chi connectivity index (χ0n) is 15.0. The van der Waals surface area contributed by atoms with Gasteiger partial charge < -0.3 is 10.1 Å². The molecule has 0 amide bonds. The van der Waals surface area contributed by atoms with E-state index in [1.54, 1.807) is 43.0 Å². The summed E-state index contributed by atoms with van der Waals surface area (Å²) in [5.74, 6) is -1.38. The van der Waals surface area contributed by atoms with Crippen LogP contribution in [0.3, 0.4) is 0 Å². The van der Waals surface area contributed by atoms with E-state index in [4.69, 9.17) is 17.0 Å². The Hall–Kier alpha value is -2.80. The number of allylic oxidation sites excluding steroid dienone is 1. The van der Waals surface area contributed by atoms with Gasteiger partial charge in [0.15, 0.2) is 5.11 Å². The Morgan fingerprint density at radius 1 is 1.19 bits per heavy atom. The molecular weight excluding hydrogens is 370 g/mol. The fourth-order valence-corrected chi connectivity index (χ4v) is 3.45. The van der Waals surface area contributed by atoms with Crippen LogP contribution in [-0.2, 0) is 9.53 Å². The van der Waals surface area contributed by atoms with Crippen LogP contribution in [0.15, 0.2) is 53.7 Å². The SMILES string of the molecule is COC(=O)C1=C(C)N(c2ccc(C)c(F)c2)C(=S)N[C@@H]1c1cccc(F)c1. The molecule has 0 bridgehead atoms. The third-order valence-corrected chi connectivity index (χ3v) is 4.79. The van der Waals surface area contributed by atoms with Crippen molar-refractivity contribution >= 4 is 29.0 Å². The number of thiocarbonyl (C=S) groups is 1. The number of nitrogens with zero attached hydrogens (tertiary/aromatic N) is 1. The van der Waals surface area contributed by atoms with Gasteiger partial charge in [0.05, 0.1) is 24.4 Å². The number of hydrogen-bond acceptors (Lipinski definition) is 3. The minimum Gasteiger partial charge on any atom is -0.466 e. The first-order valence-corrected chi connectivity index (χ1v) is 8.65. The van der Waals surface area contributed by atoms with Gasteiger partial charge in [0.25, 0.3) is 0 Å². The Balaban J connectivity index is 2.15. The van der Waals surface area contributed by atoms with Crippen LogP contribution >= 0.6 is 12.2 Å². The highest BCUT2D eigenvalue weighted by Gasteiger charge is 2.35. The molecule has 3 rings (SSSR count). The fraction of sp³-hybridized carbons (Fsp3) is 0.200. The van der Waals surface area contributed by atoms with Gasteiger partial charge in [-0.2, -0.15) is 0 Å². The molecule has 0 aromatic heterocycles. The Morgan fingerprint density at radius 3 is 2.56 bits per heavy atom. The molecule has 2 aromatic rings. The molecule has 0 fully saturated rings. The zero-order valence-corrected chi connectivity index (χ0v) is 15.9. The standard InChI is InChI=1S/C20H18F2N2O2S/c1-11-7-8-15(10-16(11)22)24-12(2)17(19(25)26-3)18(23-20(24)27)13-5-4-6-14(21)9-13/h4-10,18H,1-3H3,(H,23,27)/t18-/m1/s1. The van der Waals surface area contributed by atoms with Crippen molar-refractivity contribution in [1.29, 1.82) is 0 Å². The second kappa shape index (κ2) is 7.44. The molecule has 2 aromatic carbocycles. The highest BCUT2D eigenvalue weighted by molar-refractivity contribution is 7.80. The minimum absolute atomic E-state index is 0.276. The van der Waals surface area contributed by atoms with Crippen molar-refractivity contribution in [2.45, 2.75) is 19.9 Å². The summed E-state index contributed by atoms with van der Waals surface area (Å²) in [5, 5.41) is 3.32. The lowest BCUT2D eigenvalue weighted by molar-refractivity contribution is -0.136. The molecule has 1 aliphatic heterocycles. The van der Waals surface area contributed by atoms with E-state index in [0.717, 1.165) is 0 Å². The molecule has 0 saturated heterocycles. The molecule has 27 heavy (non-hydrogen) atoms. The average molecular weight is 388 g/mol. The van der Waals surface area contributed by atoms with Crippen LogP contribution in [0, 0.1) is 18.6 Å². The third kappa shape index (κ3) is 3.55. The number of esters is 1. The van der Waals surface area contributed by atoms with Crippen molar-refractivity contribution in [3.8, 4) is 0 Å². The first kappa shape index (κ1) is 19.0. The van der Waals surface area contributed by atoms with E-state index in [-0.39, 0.29) is 16.5 Å². The van der Waals surface area contributed by atoms with Crippen LogP contribution in [0.4, 0.5) is 14.5 Å². The number of methoxy groups -OCH3 is 1. The Kier molecular flexibility index (Phi) is 5.23. The molecule has 0 spiro atoms. The van der Waals surface area contributed by atoms with Gasteiger partial charge in [-0.15, -0.1) is 0 Å². The summed E-state index contributed by atoms with van der Waals surface area (Å²) in [7, 11) is 1.27. The lowest BCUT2D eigenvalue weighted by atomic mass is 9.94. The van der Waals surface area contributed by atoms with Gasteiger partial charge in [0, 0.05) is 5.70 Å². The number of benzene rings is 2. The largest absolute Gasteiger partial charge is 0.466 e. The molecule has 0 unspecified atom stereocenters. The van der Waals surface area contributed by atoms with E-state index in [2.05, 4.69) is 5.32 Å². The van der Waals surface area contributed by atoms with Crippen molar-refractivity contribution in [3.63, 3.8) is 0 Å². The molecule has 1 atom stereocenters. The number of nitrogens with one attached hydrogen (secondary N) is 1. The van der Waals surface area contributed by atoms with Crippen LogP contribution in [0.25, 0.3) is 0 Å². The van der Waals surface area contributed by atoms with E-state index in [1.807, 2.05) is 0 Å². The van der Waals surface area contributed by atoms with Crippen molar-refractivity contribution in [1.82, 2.24) is 5.32 Å². The van der Waals surface area contributed by atoms with Crippen molar-refractivity contribution in [3.05, 3.63) is 76.5 Å². The molecule has 0 radical (unpaired) electrons. The van der Waals surface area contributed by atoms with Crippen molar-refractivity contribution < 1.29 is 18.3 Å². The number of halogens is 2. The van der Waals surface area contributed by atoms with Gasteiger partial charge in [-0.1, -0.05) is 18.2 Å². The van der Waals surface area contributed by atoms with Gasteiger partial charge in [-0.05, 0) is 61.5 Å². The van der Waals surface area contributed by atoms with Gasteiger partial charge in [0.1, 0.15) is 11.6 Å². The number of hydrogen-bond donors (Lipinski definition) is 1. The van der Waals surface area contributed by atoms with Crippen LogP contribution in [0.1, 0.15) is 24.1 Å². The normalized spacial score (nSPS) is 17.0. The highest BCUT2D eigenvalue weighted by Crippen LogP contribution is 2.34. The lowest BCUT2D eigenvalue weighted by Crippen LogP contribution is -2.48. The van der Waals surface area contributed by atoms with Gasteiger partial charge in [0.2, 0.25) is 0 Å². The van der Waals surface area contributed by atoms with E-state index in [1.165, 1.54) is 25.3 Å². The molecule has 0 aliphatic carbocycles. The number of aryl methyl sites for hydroxylation is 1. The number of ether oxygens (including phenoxy) is 1. The van der Waals surface area contributed by atoms with Crippen molar-refractivity contribution in [2.75, 3.05) is 12.0 Å². The maximum absolute atomic E-state index is 14.1. The molecular formula is C20H18F2N2O2S. The first-order valence-electron chi connectivity index (χ1n) is 8.24. The van der Waals surface area contributed by atoms with Gasteiger partial charge >= 0.3 is 5.97 Å². The second-order valence-corrected chi connectivity index (χ2v) is 6.58. The van der Waals surface area contributed by atoms with E-state index in [0.29, 0.717) is 22.5 Å². The second-order valence-electron chi connectivity index (χ2n) is 6.20. The van der Waals surface area contributed by atoms with Crippen LogP contribution in [0.5, 0.6) is 0 Å².